The van der Waals surface area contributed by atoms with Crippen molar-refractivity contribution in [2.75, 3.05) is 13.2 Å². The molecule has 0 radical (unpaired) electrons. The highest BCUT2D eigenvalue weighted by Crippen LogP contribution is 2.13. The van der Waals surface area contributed by atoms with Gasteiger partial charge in [0.15, 0.2) is 0 Å². The second-order valence-electron chi connectivity index (χ2n) is 3.38. The lowest BCUT2D eigenvalue weighted by Gasteiger charge is -2.06. The highest BCUT2D eigenvalue weighted by Gasteiger charge is 2.04. The van der Waals surface area contributed by atoms with Crippen molar-refractivity contribution in [2.24, 2.45) is 0 Å². The van der Waals surface area contributed by atoms with Crippen LogP contribution >= 0.6 is 0 Å². The summed E-state index contributed by atoms with van der Waals surface area (Å²) < 4.78 is 5.35. The maximum Gasteiger partial charge on any atom is 0.251 e. The normalized spacial score (nSPS) is 9.56. The molecule has 0 aliphatic carbocycles. The number of hydrogen-bond donors (Lipinski definition) is 1. The molecule has 0 spiro atoms. The molecule has 0 saturated carbocycles. The third-order valence-corrected chi connectivity index (χ3v) is 2.00. The molecule has 1 amide bonds. The molecule has 86 valence electrons. The van der Waals surface area contributed by atoms with Crippen LogP contribution in [0, 0.1) is 0 Å². The van der Waals surface area contributed by atoms with E-state index in [1.165, 1.54) is 0 Å². The van der Waals surface area contributed by atoms with E-state index in [4.69, 9.17) is 4.74 Å². The van der Waals surface area contributed by atoms with Gasteiger partial charge in [-0.1, -0.05) is 25.6 Å². The molecule has 16 heavy (non-hydrogen) atoms. The van der Waals surface area contributed by atoms with E-state index in [0.717, 1.165) is 6.42 Å². The number of nitrogens with one attached hydrogen (secondary N) is 1. The average Bonchev–Trinajstić information content (AvgIpc) is 2.33. The Kier molecular flexibility index (Phi) is 5.12. The highest BCUT2D eigenvalue weighted by molar-refractivity contribution is 5.94. The number of rotatable bonds is 6. The molecule has 3 heteroatoms. The summed E-state index contributed by atoms with van der Waals surface area (Å²) in [6, 6.07) is 7.12. The zero-order valence-electron chi connectivity index (χ0n) is 9.53. The smallest absolute Gasteiger partial charge is 0.251 e. The topological polar surface area (TPSA) is 38.3 Å². The van der Waals surface area contributed by atoms with Crippen molar-refractivity contribution in [1.29, 1.82) is 0 Å². The number of benzene rings is 1. The summed E-state index contributed by atoms with van der Waals surface area (Å²) in [5.41, 5.74) is 0.620. The van der Waals surface area contributed by atoms with E-state index < -0.39 is 0 Å². The number of ether oxygens (including phenoxy) is 1. The van der Waals surface area contributed by atoms with Gasteiger partial charge in [0, 0.05) is 12.1 Å². The van der Waals surface area contributed by atoms with Crippen LogP contribution in [0.3, 0.4) is 0 Å². The Morgan fingerprint density at radius 1 is 1.56 bits per heavy atom. The van der Waals surface area contributed by atoms with Crippen molar-refractivity contribution in [1.82, 2.24) is 5.32 Å². The Balaban J connectivity index is 2.65. The minimum absolute atomic E-state index is 0.0640. The van der Waals surface area contributed by atoms with Gasteiger partial charge in [-0.05, 0) is 24.6 Å². The zero-order chi connectivity index (χ0) is 11.8. The second-order valence-corrected chi connectivity index (χ2v) is 3.38. The fourth-order valence-electron chi connectivity index (χ4n) is 1.22. The molecular formula is C13H17NO2. The largest absolute Gasteiger partial charge is 0.490 e. The fraction of sp³-hybridized carbons (Fsp3) is 0.308. The van der Waals surface area contributed by atoms with E-state index in [0.29, 0.717) is 24.5 Å². The standard InChI is InChI=1S/C13H17NO2/c1-3-8-14-13(15)11-6-5-7-12(10-11)16-9-4-2/h4-7,10H,2-3,8-9H2,1H3,(H,14,15). The molecule has 1 N–H and O–H groups in total. The average molecular weight is 219 g/mol. The molecule has 0 aliphatic heterocycles. The van der Waals surface area contributed by atoms with Gasteiger partial charge < -0.3 is 10.1 Å². The van der Waals surface area contributed by atoms with E-state index in [1.807, 2.05) is 13.0 Å². The van der Waals surface area contributed by atoms with Crippen LogP contribution in [-0.4, -0.2) is 19.1 Å². The Labute approximate surface area is 96.1 Å². The summed E-state index contributed by atoms with van der Waals surface area (Å²) in [4.78, 5) is 11.6. The van der Waals surface area contributed by atoms with Gasteiger partial charge in [0.1, 0.15) is 12.4 Å². The van der Waals surface area contributed by atoms with Gasteiger partial charge in [-0.25, -0.2) is 0 Å². The molecule has 0 aromatic heterocycles. The Hall–Kier alpha value is -1.77. The van der Waals surface area contributed by atoms with E-state index in [9.17, 15) is 4.79 Å². The lowest BCUT2D eigenvalue weighted by Crippen LogP contribution is -2.23. The van der Waals surface area contributed by atoms with Gasteiger partial charge in [0.05, 0.1) is 0 Å². The van der Waals surface area contributed by atoms with Gasteiger partial charge in [0.2, 0.25) is 0 Å². The number of carbonyl (C=O) groups excluding carboxylic acids is 1. The minimum Gasteiger partial charge on any atom is -0.490 e. The van der Waals surface area contributed by atoms with Gasteiger partial charge in [-0.15, -0.1) is 0 Å². The first-order valence-electron chi connectivity index (χ1n) is 5.40. The Morgan fingerprint density at radius 2 is 2.38 bits per heavy atom. The highest BCUT2D eigenvalue weighted by atomic mass is 16.5. The molecule has 0 bridgehead atoms. The molecule has 0 atom stereocenters. The van der Waals surface area contributed by atoms with Gasteiger partial charge in [0.25, 0.3) is 5.91 Å². The van der Waals surface area contributed by atoms with Crippen molar-refractivity contribution >= 4 is 5.91 Å². The lowest BCUT2D eigenvalue weighted by molar-refractivity contribution is 0.0953. The minimum atomic E-state index is -0.0640. The van der Waals surface area contributed by atoms with Crippen LogP contribution in [0.5, 0.6) is 5.75 Å². The van der Waals surface area contributed by atoms with Gasteiger partial charge >= 0.3 is 0 Å². The molecule has 1 rings (SSSR count). The van der Waals surface area contributed by atoms with Crippen LogP contribution < -0.4 is 10.1 Å². The lowest BCUT2D eigenvalue weighted by atomic mass is 10.2. The van der Waals surface area contributed by atoms with Crippen LogP contribution in [0.15, 0.2) is 36.9 Å². The van der Waals surface area contributed by atoms with Gasteiger partial charge in [-0.3, -0.25) is 4.79 Å². The zero-order valence-corrected chi connectivity index (χ0v) is 9.53. The molecule has 0 heterocycles. The summed E-state index contributed by atoms with van der Waals surface area (Å²) in [6.45, 7) is 6.72. The quantitative estimate of drug-likeness (QED) is 0.746. The molecule has 3 nitrogen and oxygen atoms in total. The van der Waals surface area contributed by atoms with Crippen LogP contribution in [-0.2, 0) is 0 Å². The van der Waals surface area contributed by atoms with Crippen LogP contribution in [0.1, 0.15) is 23.7 Å². The third kappa shape index (κ3) is 3.77. The molecule has 0 saturated heterocycles. The predicted octanol–water partition coefficient (Wildman–Crippen LogP) is 2.39. The third-order valence-electron chi connectivity index (χ3n) is 2.00. The van der Waals surface area contributed by atoms with Crippen molar-refractivity contribution in [3.63, 3.8) is 0 Å². The van der Waals surface area contributed by atoms with E-state index in [1.54, 1.807) is 24.3 Å². The molecule has 0 aliphatic rings. The summed E-state index contributed by atoms with van der Waals surface area (Å²) in [7, 11) is 0. The van der Waals surface area contributed by atoms with E-state index in [2.05, 4.69) is 11.9 Å². The summed E-state index contributed by atoms with van der Waals surface area (Å²) in [6.07, 6.45) is 2.60. The van der Waals surface area contributed by atoms with Gasteiger partial charge in [-0.2, -0.15) is 0 Å². The van der Waals surface area contributed by atoms with Crippen molar-refractivity contribution in [3.05, 3.63) is 42.5 Å². The summed E-state index contributed by atoms with van der Waals surface area (Å²) in [5.74, 6) is 0.620. The summed E-state index contributed by atoms with van der Waals surface area (Å²) >= 11 is 0. The molecule has 1 aromatic carbocycles. The maximum absolute atomic E-state index is 11.6. The fourth-order valence-corrected chi connectivity index (χ4v) is 1.22. The number of hydrogen-bond acceptors (Lipinski definition) is 2. The number of carbonyl (C=O) groups is 1. The monoisotopic (exact) mass is 219 g/mol. The molecular weight excluding hydrogens is 202 g/mol. The van der Waals surface area contributed by atoms with Crippen molar-refractivity contribution in [2.45, 2.75) is 13.3 Å². The predicted molar refractivity (Wildman–Crippen MR) is 64.8 cm³/mol. The Morgan fingerprint density at radius 3 is 3.06 bits per heavy atom. The molecule has 1 aromatic rings. The summed E-state index contributed by atoms with van der Waals surface area (Å²) in [5, 5.41) is 2.82. The Bertz CT molecular complexity index is 361. The van der Waals surface area contributed by atoms with E-state index in [-0.39, 0.29) is 5.91 Å². The first-order valence-corrected chi connectivity index (χ1v) is 5.40. The maximum atomic E-state index is 11.6. The first-order chi connectivity index (χ1) is 7.77. The number of amides is 1. The van der Waals surface area contributed by atoms with Crippen molar-refractivity contribution in [3.8, 4) is 5.75 Å². The first kappa shape index (κ1) is 12.3. The van der Waals surface area contributed by atoms with Crippen LogP contribution in [0.25, 0.3) is 0 Å². The van der Waals surface area contributed by atoms with Crippen molar-refractivity contribution < 1.29 is 9.53 Å². The second kappa shape index (κ2) is 6.67. The van der Waals surface area contributed by atoms with Crippen LogP contribution in [0.4, 0.5) is 0 Å². The molecule has 0 fully saturated rings. The SMILES string of the molecule is C=CCOc1cccc(C(=O)NCCC)c1. The molecule has 0 unspecified atom stereocenters. The van der Waals surface area contributed by atoms with Crippen LogP contribution in [0.2, 0.25) is 0 Å². The van der Waals surface area contributed by atoms with E-state index >= 15 is 0 Å².